The van der Waals surface area contributed by atoms with E-state index in [1.807, 2.05) is 0 Å². The molecule has 1 N–H and O–H groups in total. The number of piperidine rings is 1. The second kappa shape index (κ2) is 7.34. The Morgan fingerprint density at radius 2 is 1.65 bits per heavy atom. The Morgan fingerprint density at radius 3 is 2.35 bits per heavy atom. The SMILES string of the molecule is OC(COC1CCCCC1)CN1CCCCC1. The molecule has 0 spiro atoms. The summed E-state index contributed by atoms with van der Waals surface area (Å²) < 4.78 is 5.81. The number of likely N-dealkylation sites (tertiary alicyclic amines) is 1. The summed E-state index contributed by atoms with van der Waals surface area (Å²) in [6.45, 7) is 3.63. The number of ether oxygens (including phenoxy) is 1. The minimum absolute atomic E-state index is 0.296. The van der Waals surface area contributed by atoms with Gasteiger partial charge in [-0.05, 0) is 38.8 Å². The van der Waals surface area contributed by atoms with Gasteiger partial charge in [-0.3, -0.25) is 0 Å². The third-order valence-corrected chi connectivity index (χ3v) is 3.99. The molecule has 2 fully saturated rings. The van der Waals surface area contributed by atoms with Crippen LogP contribution >= 0.6 is 0 Å². The van der Waals surface area contributed by atoms with Gasteiger partial charge in [0.25, 0.3) is 0 Å². The highest BCUT2D eigenvalue weighted by molar-refractivity contribution is 4.70. The predicted octanol–water partition coefficient (Wildman–Crippen LogP) is 2.18. The first-order valence-electron chi connectivity index (χ1n) is 7.36. The lowest BCUT2D eigenvalue weighted by atomic mass is 9.98. The van der Waals surface area contributed by atoms with Crippen molar-refractivity contribution in [2.45, 2.75) is 63.6 Å². The quantitative estimate of drug-likeness (QED) is 0.801. The van der Waals surface area contributed by atoms with Crippen LogP contribution in [0, 0.1) is 0 Å². The average Bonchev–Trinajstić information content (AvgIpc) is 2.39. The van der Waals surface area contributed by atoms with Gasteiger partial charge in [-0.1, -0.05) is 25.7 Å². The van der Waals surface area contributed by atoms with Gasteiger partial charge >= 0.3 is 0 Å². The lowest BCUT2D eigenvalue weighted by Gasteiger charge is -2.29. The summed E-state index contributed by atoms with van der Waals surface area (Å²) in [6, 6.07) is 0. The molecule has 17 heavy (non-hydrogen) atoms. The molecule has 0 aromatic heterocycles. The molecule has 1 aliphatic heterocycles. The van der Waals surface area contributed by atoms with Gasteiger partial charge in [0, 0.05) is 6.54 Å². The van der Waals surface area contributed by atoms with Crippen molar-refractivity contribution in [1.82, 2.24) is 4.90 Å². The molecule has 100 valence electrons. The zero-order chi connectivity index (χ0) is 11.9. The Labute approximate surface area is 105 Å². The molecular formula is C14H27NO2. The standard InChI is InChI=1S/C14H27NO2/c16-13(11-15-9-5-2-6-10-15)12-17-14-7-3-1-4-8-14/h13-14,16H,1-12H2. The molecule has 2 rings (SSSR count). The number of nitrogens with zero attached hydrogens (tertiary/aromatic N) is 1. The van der Waals surface area contributed by atoms with Crippen molar-refractivity contribution in [2.24, 2.45) is 0 Å². The van der Waals surface area contributed by atoms with Crippen molar-refractivity contribution in [2.75, 3.05) is 26.2 Å². The van der Waals surface area contributed by atoms with E-state index >= 15 is 0 Å². The Morgan fingerprint density at radius 1 is 1.00 bits per heavy atom. The summed E-state index contributed by atoms with van der Waals surface area (Å²) in [5.41, 5.74) is 0. The zero-order valence-electron chi connectivity index (χ0n) is 10.9. The molecule has 0 radical (unpaired) electrons. The largest absolute Gasteiger partial charge is 0.389 e. The van der Waals surface area contributed by atoms with Crippen molar-refractivity contribution in [3.63, 3.8) is 0 Å². The fraction of sp³-hybridized carbons (Fsp3) is 1.00. The molecule has 1 saturated heterocycles. The average molecular weight is 241 g/mol. The fourth-order valence-electron chi connectivity index (χ4n) is 2.97. The first-order chi connectivity index (χ1) is 8.34. The lowest BCUT2D eigenvalue weighted by Crippen LogP contribution is -2.38. The van der Waals surface area contributed by atoms with E-state index in [9.17, 15) is 5.11 Å². The van der Waals surface area contributed by atoms with Crippen LogP contribution in [-0.4, -0.2) is 48.5 Å². The second-order valence-electron chi connectivity index (χ2n) is 5.61. The number of hydrogen-bond donors (Lipinski definition) is 1. The number of hydrogen-bond acceptors (Lipinski definition) is 3. The van der Waals surface area contributed by atoms with Gasteiger partial charge in [0.1, 0.15) is 0 Å². The van der Waals surface area contributed by atoms with Crippen LogP contribution in [0.25, 0.3) is 0 Å². The topological polar surface area (TPSA) is 32.7 Å². The highest BCUT2D eigenvalue weighted by Gasteiger charge is 2.18. The van der Waals surface area contributed by atoms with Gasteiger partial charge in [-0.2, -0.15) is 0 Å². The second-order valence-corrected chi connectivity index (χ2v) is 5.61. The van der Waals surface area contributed by atoms with Crippen molar-refractivity contribution in [3.8, 4) is 0 Å². The molecule has 0 bridgehead atoms. The third kappa shape index (κ3) is 4.94. The summed E-state index contributed by atoms with van der Waals surface area (Å²) in [4.78, 5) is 2.37. The molecule has 1 aliphatic carbocycles. The molecule has 0 aromatic carbocycles. The van der Waals surface area contributed by atoms with Crippen LogP contribution in [0.15, 0.2) is 0 Å². The van der Waals surface area contributed by atoms with E-state index in [0.29, 0.717) is 12.7 Å². The van der Waals surface area contributed by atoms with Crippen molar-refractivity contribution in [3.05, 3.63) is 0 Å². The Balaban J connectivity index is 1.57. The van der Waals surface area contributed by atoms with E-state index in [-0.39, 0.29) is 6.10 Å². The van der Waals surface area contributed by atoms with E-state index in [0.717, 1.165) is 19.6 Å². The highest BCUT2D eigenvalue weighted by Crippen LogP contribution is 2.20. The van der Waals surface area contributed by atoms with E-state index in [4.69, 9.17) is 4.74 Å². The summed E-state index contributed by atoms with van der Waals surface area (Å²) in [5.74, 6) is 0. The normalized spacial score (nSPS) is 25.9. The van der Waals surface area contributed by atoms with E-state index in [2.05, 4.69) is 4.90 Å². The molecule has 3 heteroatoms. The van der Waals surface area contributed by atoms with Gasteiger partial charge < -0.3 is 14.7 Å². The molecule has 3 nitrogen and oxygen atoms in total. The Hall–Kier alpha value is -0.120. The van der Waals surface area contributed by atoms with Crippen LogP contribution in [0.4, 0.5) is 0 Å². The van der Waals surface area contributed by atoms with Crippen molar-refractivity contribution < 1.29 is 9.84 Å². The first-order valence-corrected chi connectivity index (χ1v) is 7.36. The predicted molar refractivity (Wildman–Crippen MR) is 69.1 cm³/mol. The highest BCUT2D eigenvalue weighted by atomic mass is 16.5. The van der Waals surface area contributed by atoms with Gasteiger partial charge in [-0.15, -0.1) is 0 Å². The zero-order valence-corrected chi connectivity index (χ0v) is 10.9. The maximum absolute atomic E-state index is 9.97. The Kier molecular flexibility index (Phi) is 5.75. The van der Waals surface area contributed by atoms with Crippen LogP contribution in [-0.2, 0) is 4.74 Å². The van der Waals surface area contributed by atoms with Crippen molar-refractivity contribution >= 4 is 0 Å². The molecule has 1 saturated carbocycles. The lowest BCUT2D eigenvalue weighted by molar-refractivity contribution is -0.0346. The van der Waals surface area contributed by atoms with Crippen LogP contribution in [0.5, 0.6) is 0 Å². The fourth-order valence-corrected chi connectivity index (χ4v) is 2.97. The van der Waals surface area contributed by atoms with Crippen LogP contribution in [0.3, 0.4) is 0 Å². The maximum atomic E-state index is 9.97. The monoisotopic (exact) mass is 241 g/mol. The third-order valence-electron chi connectivity index (χ3n) is 3.99. The molecule has 0 aromatic rings. The molecule has 1 heterocycles. The summed E-state index contributed by atoms with van der Waals surface area (Å²) in [7, 11) is 0. The van der Waals surface area contributed by atoms with Gasteiger partial charge in [-0.25, -0.2) is 0 Å². The molecular weight excluding hydrogens is 214 g/mol. The smallest absolute Gasteiger partial charge is 0.0900 e. The number of β-amino-alcohol motifs (C(OH)–C–C–N with tert-alkyl or cyclic N) is 1. The number of rotatable bonds is 5. The maximum Gasteiger partial charge on any atom is 0.0900 e. The van der Waals surface area contributed by atoms with Gasteiger partial charge in [0.05, 0.1) is 18.8 Å². The summed E-state index contributed by atoms with van der Waals surface area (Å²) in [5, 5.41) is 9.97. The molecule has 0 amide bonds. The van der Waals surface area contributed by atoms with Crippen LogP contribution in [0.2, 0.25) is 0 Å². The van der Waals surface area contributed by atoms with E-state index < -0.39 is 0 Å². The van der Waals surface area contributed by atoms with E-state index in [1.54, 1.807) is 0 Å². The Bertz CT molecular complexity index is 198. The van der Waals surface area contributed by atoms with Crippen LogP contribution < -0.4 is 0 Å². The van der Waals surface area contributed by atoms with Crippen LogP contribution in [0.1, 0.15) is 51.4 Å². The number of aliphatic hydroxyl groups is 1. The van der Waals surface area contributed by atoms with Crippen molar-refractivity contribution in [1.29, 1.82) is 0 Å². The molecule has 1 unspecified atom stereocenters. The van der Waals surface area contributed by atoms with Gasteiger partial charge in [0.2, 0.25) is 0 Å². The van der Waals surface area contributed by atoms with E-state index in [1.165, 1.54) is 51.4 Å². The number of aliphatic hydroxyl groups excluding tert-OH is 1. The summed E-state index contributed by atoms with van der Waals surface area (Å²) >= 11 is 0. The molecule has 2 aliphatic rings. The molecule has 1 atom stereocenters. The minimum atomic E-state index is -0.296. The summed E-state index contributed by atoms with van der Waals surface area (Å²) in [6.07, 6.45) is 10.4. The minimum Gasteiger partial charge on any atom is -0.389 e. The van der Waals surface area contributed by atoms with Gasteiger partial charge in [0.15, 0.2) is 0 Å². The first kappa shape index (κ1) is 13.3.